The Morgan fingerprint density at radius 2 is 2.39 bits per heavy atom. The molecule has 0 saturated heterocycles. The van der Waals surface area contributed by atoms with Crippen LogP contribution in [-0.4, -0.2) is 13.7 Å². The maximum atomic E-state index is 8.47. The minimum absolute atomic E-state index is 0.455. The number of rotatable bonds is 5. The lowest BCUT2D eigenvalue weighted by Crippen LogP contribution is -2.21. The molecule has 1 aromatic rings. The zero-order chi connectivity index (χ0) is 12.8. The largest absolute Gasteiger partial charge is 0.494 e. The molecular formula is C15H20N2O. The van der Waals surface area contributed by atoms with Gasteiger partial charge in [-0.1, -0.05) is 6.07 Å². The van der Waals surface area contributed by atoms with Gasteiger partial charge in [0.2, 0.25) is 0 Å². The number of fused-ring (bicyclic) bond motifs is 1. The molecule has 0 bridgehead atoms. The number of hydrogen-bond acceptors (Lipinski definition) is 3. The minimum Gasteiger partial charge on any atom is -0.494 e. The summed E-state index contributed by atoms with van der Waals surface area (Å²) >= 11 is 0. The lowest BCUT2D eigenvalue weighted by molar-refractivity contribution is 0.311. The van der Waals surface area contributed by atoms with Crippen LogP contribution in [0.15, 0.2) is 18.2 Å². The van der Waals surface area contributed by atoms with E-state index in [2.05, 4.69) is 23.5 Å². The molecule has 0 saturated carbocycles. The molecule has 0 radical (unpaired) electrons. The van der Waals surface area contributed by atoms with Gasteiger partial charge in [-0.15, -0.1) is 0 Å². The first-order chi connectivity index (χ1) is 8.85. The Bertz CT molecular complexity index is 437. The second-order valence-corrected chi connectivity index (χ2v) is 4.70. The average molecular weight is 244 g/mol. The maximum Gasteiger partial charge on any atom is 0.119 e. The molecule has 18 heavy (non-hydrogen) atoms. The Balaban J connectivity index is 2.03. The van der Waals surface area contributed by atoms with Crippen molar-refractivity contribution in [2.24, 2.45) is 0 Å². The number of ether oxygens (including phenoxy) is 1. The standard InChI is InChI=1S/C15H20N2O/c1-17-15-6-4-5-12-7-8-13(11-14(12)15)18-10-3-2-9-16/h7-8,11,15,17H,2-6,10H2,1H3. The van der Waals surface area contributed by atoms with Gasteiger partial charge in [-0.25, -0.2) is 0 Å². The molecule has 96 valence electrons. The van der Waals surface area contributed by atoms with Crippen LogP contribution in [0.3, 0.4) is 0 Å². The summed E-state index contributed by atoms with van der Waals surface area (Å²) in [4.78, 5) is 0. The third-order valence-electron chi connectivity index (χ3n) is 3.48. The summed E-state index contributed by atoms with van der Waals surface area (Å²) in [6.45, 7) is 0.622. The summed E-state index contributed by atoms with van der Waals surface area (Å²) < 4.78 is 5.69. The van der Waals surface area contributed by atoms with Crippen molar-refractivity contribution < 1.29 is 4.74 Å². The molecule has 0 fully saturated rings. The quantitative estimate of drug-likeness (QED) is 0.810. The molecule has 1 unspecified atom stereocenters. The summed E-state index contributed by atoms with van der Waals surface area (Å²) in [6, 6.07) is 8.96. The molecule has 0 amide bonds. The Kier molecular flexibility index (Phi) is 4.60. The summed E-state index contributed by atoms with van der Waals surface area (Å²) in [5, 5.41) is 11.8. The lowest BCUT2D eigenvalue weighted by atomic mass is 9.87. The van der Waals surface area contributed by atoms with Gasteiger partial charge < -0.3 is 10.1 Å². The Morgan fingerprint density at radius 3 is 3.17 bits per heavy atom. The van der Waals surface area contributed by atoms with Crippen molar-refractivity contribution in [1.29, 1.82) is 5.26 Å². The van der Waals surface area contributed by atoms with Crippen LogP contribution in [0.2, 0.25) is 0 Å². The second kappa shape index (κ2) is 6.42. The van der Waals surface area contributed by atoms with Crippen molar-refractivity contribution in [2.45, 2.75) is 38.1 Å². The number of nitrogens with one attached hydrogen (secondary N) is 1. The molecular weight excluding hydrogens is 224 g/mol. The van der Waals surface area contributed by atoms with E-state index in [-0.39, 0.29) is 0 Å². The van der Waals surface area contributed by atoms with E-state index >= 15 is 0 Å². The van der Waals surface area contributed by atoms with Gasteiger partial charge in [-0.3, -0.25) is 0 Å². The summed E-state index contributed by atoms with van der Waals surface area (Å²) in [7, 11) is 2.01. The topological polar surface area (TPSA) is 45.0 Å². The van der Waals surface area contributed by atoms with Crippen LogP contribution in [0.5, 0.6) is 5.75 Å². The average Bonchev–Trinajstić information content (AvgIpc) is 2.43. The molecule has 1 N–H and O–H groups in total. The first kappa shape index (κ1) is 12.9. The highest BCUT2D eigenvalue weighted by Crippen LogP contribution is 2.32. The molecule has 3 heteroatoms. The molecule has 2 rings (SSSR count). The van der Waals surface area contributed by atoms with Crippen molar-refractivity contribution in [1.82, 2.24) is 5.32 Å². The number of nitriles is 1. The third kappa shape index (κ3) is 3.02. The number of hydrogen-bond donors (Lipinski definition) is 1. The normalized spacial score (nSPS) is 17.9. The van der Waals surface area contributed by atoms with E-state index in [9.17, 15) is 0 Å². The predicted octanol–water partition coefficient (Wildman–Crippen LogP) is 2.97. The number of aryl methyl sites for hydroxylation is 1. The molecule has 1 atom stereocenters. The van der Waals surface area contributed by atoms with Gasteiger partial charge in [0.05, 0.1) is 12.7 Å². The van der Waals surface area contributed by atoms with Crippen LogP contribution in [0.4, 0.5) is 0 Å². The number of unbranched alkanes of at least 4 members (excludes halogenated alkanes) is 1. The fourth-order valence-corrected chi connectivity index (χ4v) is 2.51. The van der Waals surface area contributed by atoms with Gasteiger partial charge >= 0.3 is 0 Å². The van der Waals surface area contributed by atoms with Gasteiger partial charge in [0.15, 0.2) is 0 Å². The van der Waals surface area contributed by atoms with E-state index in [1.807, 2.05) is 13.1 Å². The smallest absolute Gasteiger partial charge is 0.119 e. The highest BCUT2D eigenvalue weighted by atomic mass is 16.5. The molecule has 3 nitrogen and oxygen atoms in total. The minimum atomic E-state index is 0.455. The highest BCUT2D eigenvalue weighted by molar-refractivity contribution is 5.39. The van der Waals surface area contributed by atoms with E-state index in [1.165, 1.54) is 30.4 Å². The molecule has 0 aromatic heterocycles. The Hall–Kier alpha value is -1.53. The second-order valence-electron chi connectivity index (χ2n) is 4.70. The number of nitrogens with zero attached hydrogens (tertiary/aromatic N) is 1. The van der Waals surface area contributed by atoms with Crippen molar-refractivity contribution >= 4 is 0 Å². The van der Waals surface area contributed by atoms with Crippen molar-refractivity contribution in [2.75, 3.05) is 13.7 Å². The van der Waals surface area contributed by atoms with Crippen LogP contribution in [0, 0.1) is 11.3 Å². The fourth-order valence-electron chi connectivity index (χ4n) is 2.51. The first-order valence-electron chi connectivity index (χ1n) is 6.65. The van der Waals surface area contributed by atoms with Gasteiger partial charge in [0, 0.05) is 12.5 Å². The number of benzene rings is 1. The maximum absolute atomic E-state index is 8.47. The van der Waals surface area contributed by atoms with Crippen LogP contribution in [-0.2, 0) is 6.42 Å². The summed E-state index contributed by atoms with van der Waals surface area (Å²) in [6.07, 6.45) is 4.97. The van der Waals surface area contributed by atoms with Crippen molar-refractivity contribution in [3.63, 3.8) is 0 Å². The van der Waals surface area contributed by atoms with E-state index in [4.69, 9.17) is 10.00 Å². The SMILES string of the molecule is CNC1CCCc2ccc(OCCCC#N)cc21. The fraction of sp³-hybridized carbons (Fsp3) is 0.533. The molecule has 0 heterocycles. The highest BCUT2D eigenvalue weighted by Gasteiger charge is 2.18. The van der Waals surface area contributed by atoms with E-state index in [1.54, 1.807) is 0 Å². The van der Waals surface area contributed by atoms with E-state index < -0.39 is 0 Å². The first-order valence-corrected chi connectivity index (χ1v) is 6.65. The van der Waals surface area contributed by atoms with Gasteiger partial charge in [-0.05, 0) is 56.0 Å². The van der Waals surface area contributed by atoms with Crippen molar-refractivity contribution in [3.05, 3.63) is 29.3 Å². The van der Waals surface area contributed by atoms with Crippen LogP contribution in [0.25, 0.3) is 0 Å². The Labute approximate surface area is 109 Å². The van der Waals surface area contributed by atoms with Crippen LogP contribution < -0.4 is 10.1 Å². The molecule has 1 aliphatic carbocycles. The van der Waals surface area contributed by atoms with Gasteiger partial charge in [-0.2, -0.15) is 5.26 Å². The molecule has 0 aliphatic heterocycles. The Morgan fingerprint density at radius 1 is 1.50 bits per heavy atom. The summed E-state index contributed by atoms with van der Waals surface area (Å²) in [5.41, 5.74) is 2.81. The predicted molar refractivity (Wildman–Crippen MR) is 71.5 cm³/mol. The zero-order valence-corrected chi connectivity index (χ0v) is 10.9. The van der Waals surface area contributed by atoms with Crippen LogP contribution in [0.1, 0.15) is 42.9 Å². The van der Waals surface area contributed by atoms with Gasteiger partial charge in [0.1, 0.15) is 5.75 Å². The monoisotopic (exact) mass is 244 g/mol. The molecule has 0 spiro atoms. The third-order valence-corrected chi connectivity index (χ3v) is 3.48. The zero-order valence-electron chi connectivity index (χ0n) is 10.9. The van der Waals surface area contributed by atoms with E-state index in [0.717, 1.165) is 12.2 Å². The molecule has 1 aliphatic rings. The summed E-state index contributed by atoms with van der Waals surface area (Å²) in [5.74, 6) is 0.925. The van der Waals surface area contributed by atoms with Gasteiger partial charge in [0.25, 0.3) is 0 Å². The van der Waals surface area contributed by atoms with Crippen LogP contribution >= 0.6 is 0 Å². The lowest BCUT2D eigenvalue weighted by Gasteiger charge is -2.25. The molecule has 1 aromatic carbocycles. The van der Waals surface area contributed by atoms with E-state index in [0.29, 0.717) is 19.1 Å². The van der Waals surface area contributed by atoms with Crippen molar-refractivity contribution in [3.8, 4) is 11.8 Å².